The Balaban J connectivity index is 0.000000956. The van der Waals surface area contributed by atoms with Crippen molar-refractivity contribution in [3.63, 3.8) is 0 Å². The van der Waals surface area contributed by atoms with Crippen LogP contribution < -0.4 is 0 Å². The molecule has 0 aliphatic carbocycles. The first-order valence-corrected chi connectivity index (χ1v) is 7.66. The first kappa shape index (κ1) is 16.5. The summed E-state index contributed by atoms with van der Waals surface area (Å²) in [6.07, 6.45) is 0. The average Bonchev–Trinajstić information content (AvgIpc) is 2.82. The minimum atomic E-state index is -0.133. The van der Waals surface area contributed by atoms with Gasteiger partial charge in [-0.2, -0.15) is 0 Å². The zero-order valence-electron chi connectivity index (χ0n) is 12.6. The molecule has 108 valence electrons. The molecule has 20 heavy (non-hydrogen) atoms. The second-order valence-corrected chi connectivity index (χ2v) is 5.42. The van der Waals surface area contributed by atoms with Gasteiger partial charge in [0.15, 0.2) is 5.76 Å². The van der Waals surface area contributed by atoms with E-state index in [2.05, 4.69) is 4.98 Å². The molecule has 0 N–H and O–H groups in total. The molecule has 0 bridgehead atoms. The van der Waals surface area contributed by atoms with Crippen LogP contribution in [0.2, 0.25) is 0 Å². The van der Waals surface area contributed by atoms with Gasteiger partial charge in [0.25, 0.3) is 5.22 Å². The van der Waals surface area contributed by atoms with Crippen molar-refractivity contribution in [3.8, 4) is 11.3 Å². The summed E-state index contributed by atoms with van der Waals surface area (Å²) < 4.78 is 5.72. The van der Waals surface area contributed by atoms with Gasteiger partial charge in [-0.05, 0) is 20.8 Å². The molecule has 2 aromatic rings. The van der Waals surface area contributed by atoms with Gasteiger partial charge in [-0.15, -0.1) is 0 Å². The lowest BCUT2D eigenvalue weighted by Gasteiger charge is -2.02. The number of carbonyl (C=O) groups is 1. The van der Waals surface area contributed by atoms with E-state index in [1.54, 1.807) is 6.92 Å². The fraction of sp³-hybridized carbons (Fsp3) is 0.375. The van der Waals surface area contributed by atoms with Gasteiger partial charge in [-0.1, -0.05) is 55.9 Å². The first-order chi connectivity index (χ1) is 9.58. The molecular formula is C16H21NO2S. The Bertz CT molecular complexity index is 549. The molecule has 1 atom stereocenters. The number of thioether (sulfide) groups is 1. The van der Waals surface area contributed by atoms with Crippen molar-refractivity contribution in [3.05, 3.63) is 36.0 Å². The number of rotatable bonds is 4. The Kier molecular flexibility index (Phi) is 6.52. The van der Waals surface area contributed by atoms with E-state index < -0.39 is 0 Å². The van der Waals surface area contributed by atoms with Crippen molar-refractivity contribution < 1.29 is 9.21 Å². The molecule has 0 amide bonds. The van der Waals surface area contributed by atoms with Crippen molar-refractivity contribution in [1.29, 1.82) is 0 Å². The van der Waals surface area contributed by atoms with Gasteiger partial charge in [0, 0.05) is 5.56 Å². The van der Waals surface area contributed by atoms with Crippen molar-refractivity contribution >= 4 is 17.5 Å². The predicted molar refractivity (Wildman–Crippen MR) is 84.0 cm³/mol. The quantitative estimate of drug-likeness (QED) is 0.763. The highest BCUT2D eigenvalue weighted by Crippen LogP contribution is 2.30. The molecule has 1 heterocycles. The maximum atomic E-state index is 11.2. The Hall–Kier alpha value is -1.55. The summed E-state index contributed by atoms with van der Waals surface area (Å²) in [6, 6.07) is 9.85. The van der Waals surface area contributed by atoms with E-state index in [1.807, 2.05) is 58.0 Å². The number of hydrogen-bond acceptors (Lipinski definition) is 4. The van der Waals surface area contributed by atoms with Gasteiger partial charge < -0.3 is 4.42 Å². The zero-order chi connectivity index (χ0) is 15.1. The van der Waals surface area contributed by atoms with Crippen LogP contribution in [0.25, 0.3) is 11.3 Å². The fourth-order valence-electron chi connectivity index (χ4n) is 1.51. The molecule has 0 spiro atoms. The van der Waals surface area contributed by atoms with Crippen LogP contribution >= 0.6 is 11.8 Å². The second-order valence-electron chi connectivity index (χ2n) is 4.13. The molecular weight excluding hydrogens is 270 g/mol. The number of ketones is 1. The third kappa shape index (κ3) is 4.23. The third-order valence-corrected chi connectivity index (χ3v) is 3.72. The Morgan fingerprint density at radius 3 is 2.40 bits per heavy atom. The minimum absolute atomic E-state index is 0.122. The summed E-state index contributed by atoms with van der Waals surface area (Å²) in [5, 5.41) is 0.417. The fourth-order valence-corrected chi connectivity index (χ4v) is 2.30. The molecule has 1 aromatic heterocycles. The molecule has 0 aliphatic heterocycles. The molecule has 0 saturated carbocycles. The van der Waals surface area contributed by atoms with Gasteiger partial charge >= 0.3 is 0 Å². The molecule has 4 heteroatoms. The number of oxazole rings is 1. The monoisotopic (exact) mass is 291 g/mol. The van der Waals surface area contributed by atoms with Crippen LogP contribution in [0.4, 0.5) is 0 Å². The van der Waals surface area contributed by atoms with Crippen molar-refractivity contribution in [2.45, 2.75) is 45.1 Å². The summed E-state index contributed by atoms with van der Waals surface area (Å²) in [5.74, 6) is 0.894. The SMILES string of the molecule is CC.CC(=O)C(C)Sc1nc(C)c(-c2ccccc2)o1. The lowest BCUT2D eigenvalue weighted by molar-refractivity contribution is -0.116. The second kappa shape index (κ2) is 7.90. The normalized spacial score (nSPS) is 11.4. The summed E-state index contributed by atoms with van der Waals surface area (Å²) in [7, 11) is 0. The standard InChI is InChI=1S/C14H15NO2S.C2H6/c1-9-13(12-7-5-4-6-8-12)17-14(15-9)18-11(3)10(2)16;1-2/h4-8,11H,1-3H3;1-2H3. The van der Waals surface area contributed by atoms with Crippen LogP contribution in [-0.2, 0) is 4.79 Å². The van der Waals surface area contributed by atoms with Crippen LogP contribution in [0.5, 0.6) is 0 Å². The maximum Gasteiger partial charge on any atom is 0.257 e. The number of aryl methyl sites for hydroxylation is 1. The van der Waals surface area contributed by atoms with Crippen LogP contribution in [0, 0.1) is 6.92 Å². The molecule has 0 radical (unpaired) electrons. The maximum absolute atomic E-state index is 11.2. The van der Waals surface area contributed by atoms with Crippen molar-refractivity contribution in [2.24, 2.45) is 0 Å². The smallest absolute Gasteiger partial charge is 0.257 e. The summed E-state index contributed by atoms with van der Waals surface area (Å²) in [4.78, 5) is 15.6. The molecule has 0 aliphatic rings. The molecule has 1 unspecified atom stereocenters. The van der Waals surface area contributed by atoms with Gasteiger partial charge in [0.05, 0.1) is 10.9 Å². The molecule has 1 aromatic carbocycles. The minimum Gasteiger partial charge on any atom is -0.431 e. The van der Waals surface area contributed by atoms with E-state index in [0.717, 1.165) is 17.0 Å². The van der Waals surface area contributed by atoms with Gasteiger partial charge in [-0.3, -0.25) is 4.79 Å². The average molecular weight is 291 g/mol. The zero-order valence-corrected chi connectivity index (χ0v) is 13.5. The van der Waals surface area contributed by atoms with E-state index in [-0.39, 0.29) is 11.0 Å². The Labute approximate surface area is 124 Å². The van der Waals surface area contributed by atoms with Crippen LogP contribution in [0.3, 0.4) is 0 Å². The predicted octanol–water partition coefficient (Wildman–Crippen LogP) is 4.75. The lowest BCUT2D eigenvalue weighted by Crippen LogP contribution is -2.07. The van der Waals surface area contributed by atoms with E-state index in [1.165, 1.54) is 11.8 Å². The number of benzene rings is 1. The lowest BCUT2D eigenvalue weighted by atomic mass is 10.1. The van der Waals surface area contributed by atoms with E-state index >= 15 is 0 Å². The third-order valence-electron chi connectivity index (χ3n) is 2.66. The van der Waals surface area contributed by atoms with Gasteiger partial charge in [0.1, 0.15) is 5.78 Å². The van der Waals surface area contributed by atoms with Crippen LogP contribution in [-0.4, -0.2) is 16.0 Å². The Morgan fingerprint density at radius 2 is 1.85 bits per heavy atom. The highest BCUT2D eigenvalue weighted by Gasteiger charge is 2.16. The first-order valence-electron chi connectivity index (χ1n) is 6.78. The molecule has 2 rings (SSSR count). The van der Waals surface area contributed by atoms with Crippen LogP contribution in [0.15, 0.2) is 40.0 Å². The number of hydrogen-bond donors (Lipinski definition) is 0. The summed E-state index contributed by atoms with van der Waals surface area (Å²) in [5.41, 5.74) is 1.85. The van der Waals surface area contributed by atoms with E-state index in [4.69, 9.17) is 4.42 Å². The number of Topliss-reactive ketones (excluding diaryl/α,β-unsaturated/α-hetero) is 1. The topological polar surface area (TPSA) is 43.1 Å². The van der Waals surface area contributed by atoms with E-state index in [0.29, 0.717) is 5.22 Å². The molecule has 0 saturated heterocycles. The number of nitrogens with zero attached hydrogens (tertiary/aromatic N) is 1. The summed E-state index contributed by atoms with van der Waals surface area (Å²) in [6.45, 7) is 9.34. The molecule has 0 fully saturated rings. The van der Waals surface area contributed by atoms with Crippen molar-refractivity contribution in [2.75, 3.05) is 0 Å². The highest BCUT2D eigenvalue weighted by atomic mass is 32.2. The van der Waals surface area contributed by atoms with E-state index in [9.17, 15) is 4.79 Å². The van der Waals surface area contributed by atoms with Crippen LogP contribution in [0.1, 0.15) is 33.4 Å². The largest absolute Gasteiger partial charge is 0.431 e. The van der Waals surface area contributed by atoms with Gasteiger partial charge in [-0.25, -0.2) is 4.98 Å². The molecule has 3 nitrogen and oxygen atoms in total. The Morgan fingerprint density at radius 1 is 1.25 bits per heavy atom. The van der Waals surface area contributed by atoms with Gasteiger partial charge in [0.2, 0.25) is 0 Å². The number of aromatic nitrogens is 1. The van der Waals surface area contributed by atoms with Crippen molar-refractivity contribution in [1.82, 2.24) is 4.98 Å². The number of carbonyl (C=O) groups excluding carboxylic acids is 1. The highest BCUT2D eigenvalue weighted by molar-refractivity contribution is 8.00. The summed E-state index contributed by atoms with van der Waals surface area (Å²) >= 11 is 1.35.